The van der Waals surface area contributed by atoms with Gasteiger partial charge in [0.25, 0.3) is 5.91 Å². The molecule has 2 aromatic carbocycles. The predicted molar refractivity (Wildman–Crippen MR) is 126 cm³/mol. The first kappa shape index (κ1) is 22.0. The molecule has 0 N–H and O–H groups in total. The lowest BCUT2D eigenvalue weighted by atomic mass is 10.2. The first-order chi connectivity index (χ1) is 15.5. The molecule has 0 saturated heterocycles. The minimum atomic E-state index is -0.246. The Morgan fingerprint density at radius 2 is 1.91 bits per heavy atom. The van der Waals surface area contributed by atoms with Gasteiger partial charge in [0.15, 0.2) is 5.17 Å². The molecular weight excluding hydrogens is 450 g/mol. The Morgan fingerprint density at radius 3 is 2.56 bits per heavy atom. The molecule has 0 spiro atoms. The topological polar surface area (TPSA) is 77.2 Å². The number of ether oxygens (including phenoxy) is 2. The smallest absolute Gasteiger partial charge is 0.283 e. The van der Waals surface area contributed by atoms with E-state index in [1.807, 2.05) is 37.3 Å². The number of aliphatic imine (C=N–C) groups is 1. The van der Waals surface area contributed by atoms with E-state index in [9.17, 15) is 4.79 Å². The van der Waals surface area contributed by atoms with E-state index in [1.165, 1.54) is 18.9 Å². The van der Waals surface area contributed by atoms with Crippen LogP contribution in [0.15, 0.2) is 63.7 Å². The zero-order chi connectivity index (χ0) is 22.7. The summed E-state index contributed by atoms with van der Waals surface area (Å²) in [5.74, 6) is 2.19. The van der Waals surface area contributed by atoms with Crippen molar-refractivity contribution >= 4 is 46.2 Å². The molecule has 9 heteroatoms. The van der Waals surface area contributed by atoms with Crippen LogP contribution >= 0.6 is 23.4 Å². The van der Waals surface area contributed by atoms with E-state index < -0.39 is 0 Å². The van der Waals surface area contributed by atoms with Gasteiger partial charge in [0.2, 0.25) is 0 Å². The van der Waals surface area contributed by atoms with Gasteiger partial charge < -0.3 is 14.0 Å². The number of carbonyl (C=O) groups is 1. The molecule has 1 aliphatic heterocycles. The summed E-state index contributed by atoms with van der Waals surface area (Å²) in [5.41, 5.74) is 2.54. The molecule has 0 unspecified atom stereocenters. The van der Waals surface area contributed by atoms with Gasteiger partial charge in [0.1, 0.15) is 23.0 Å². The average molecular weight is 470 g/mol. The first-order valence-corrected chi connectivity index (χ1v) is 11.0. The average Bonchev–Trinajstić information content (AvgIpc) is 3.36. The second-order valence-electron chi connectivity index (χ2n) is 6.87. The minimum Gasteiger partial charge on any atom is -0.497 e. The van der Waals surface area contributed by atoms with Crippen LogP contribution in [0.4, 0.5) is 5.69 Å². The highest BCUT2D eigenvalue weighted by molar-refractivity contribution is 8.13. The van der Waals surface area contributed by atoms with Crippen molar-refractivity contribution in [3.63, 3.8) is 0 Å². The lowest BCUT2D eigenvalue weighted by Gasteiger charge is -2.18. The second-order valence-corrected chi connectivity index (χ2v) is 8.22. The molecule has 4 rings (SSSR count). The Morgan fingerprint density at radius 1 is 1.12 bits per heavy atom. The summed E-state index contributed by atoms with van der Waals surface area (Å²) < 4.78 is 15.7. The molecule has 1 aliphatic rings. The van der Waals surface area contributed by atoms with Gasteiger partial charge in [-0.05, 0) is 42.8 Å². The summed E-state index contributed by atoms with van der Waals surface area (Å²) in [6.45, 7) is 1.83. The quantitative estimate of drug-likeness (QED) is 0.454. The fraction of sp³-hybridized carbons (Fsp3) is 0.174. The number of aromatic nitrogens is 1. The number of methoxy groups -OCH3 is 2. The summed E-state index contributed by atoms with van der Waals surface area (Å²) in [4.78, 5) is 19.5. The van der Waals surface area contributed by atoms with Crippen LogP contribution in [-0.2, 0) is 10.5 Å². The predicted octanol–water partition coefficient (Wildman–Crippen LogP) is 5.33. The van der Waals surface area contributed by atoms with Crippen LogP contribution in [0.1, 0.15) is 17.0 Å². The van der Waals surface area contributed by atoms with E-state index in [2.05, 4.69) is 10.1 Å². The molecular formula is C23H20ClN3O4S. The van der Waals surface area contributed by atoms with Gasteiger partial charge in [-0.2, -0.15) is 0 Å². The van der Waals surface area contributed by atoms with Gasteiger partial charge in [-0.15, -0.1) is 0 Å². The molecule has 0 bridgehead atoms. The van der Waals surface area contributed by atoms with E-state index in [1.54, 1.807) is 36.3 Å². The van der Waals surface area contributed by atoms with E-state index >= 15 is 0 Å². The van der Waals surface area contributed by atoms with Gasteiger partial charge in [0.05, 0.1) is 30.6 Å². The molecule has 2 heterocycles. The summed E-state index contributed by atoms with van der Waals surface area (Å²) >= 11 is 7.57. The van der Waals surface area contributed by atoms with Crippen LogP contribution in [0, 0.1) is 6.92 Å². The lowest BCUT2D eigenvalue weighted by molar-refractivity contribution is -0.113. The van der Waals surface area contributed by atoms with Gasteiger partial charge in [0, 0.05) is 17.9 Å². The van der Waals surface area contributed by atoms with Crippen molar-refractivity contribution in [2.24, 2.45) is 4.99 Å². The lowest BCUT2D eigenvalue weighted by Crippen LogP contribution is -2.30. The fourth-order valence-corrected chi connectivity index (χ4v) is 4.18. The van der Waals surface area contributed by atoms with E-state index in [4.69, 9.17) is 25.6 Å². The molecule has 0 aliphatic carbocycles. The second kappa shape index (κ2) is 9.50. The molecule has 0 saturated carbocycles. The number of nitrogens with zero attached hydrogens (tertiary/aromatic N) is 3. The zero-order valence-corrected chi connectivity index (χ0v) is 19.2. The van der Waals surface area contributed by atoms with Crippen LogP contribution in [0.25, 0.3) is 6.08 Å². The highest BCUT2D eigenvalue weighted by Crippen LogP contribution is 2.35. The number of anilines is 1. The highest BCUT2D eigenvalue weighted by atomic mass is 35.5. The number of amidine groups is 1. The molecule has 164 valence electrons. The maximum atomic E-state index is 13.3. The monoisotopic (exact) mass is 469 g/mol. The van der Waals surface area contributed by atoms with Gasteiger partial charge >= 0.3 is 0 Å². The van der Waals surface area contributed by atoms with Crippen LogP contribution in [0.3, 0.4) is 0 Å². The molecule has 7 nitrogen and oxygen atoms in total. The largest absolute Gasteiger partial charge is 0.497 e. The Balaban J connectivity index is 1.68. The molecule has 0 atom stereocenters. The van der Waals surface area contributed by atoms with E-state index in [0.717, 1.165) is 22.8 Å². The van der Waals surface area contributed by atoms with Crippen LogP contribution in [-0.4, -0.2) is 30.5 Å². The van der Waals surface area contributed by atoms with Crippen LogP contribution < -0.4 is 14.4 Å². The standard InChI is InChI=1S/C23H20ClN3O4S/c1-14-10-16(26-31-14)13-32-23-25-20(11-15-4-7-18(29-2)8-5-15)22(28)27(23)17-6-9-19(24)21(12-17)30-3/h4-12H,13H2,1-3H3/b20-11-. The molecule has 3 aromatic rings. The maximum absolute atomic E-state index is 13.3. The van der Waals surface area contributed by atoms with Crippen molar-refractivity contribution in [2.45, 2.75) is 12.7 Å². The Hall–Kier alpha value is -3.23. The van der Waals surface area contributed by atoms with Crippen LogP contribution in [0.2, 0.25) is 5.02 Å². The SMILES string of the molecule is COc1ccc(/C=C2\N=C(SCc3cc(C)on3)N(c3ccc(Cl)c(OC)c3)C2=O)cc1. The summed E-state index contributed by atoms with van der Waals surface area (Å²) in [5, 5.41) is 5.00. The number of carbonyl (C=O) groups excluding carboxylic acids is 1. The van der Waals surface area contributed by atoms with Crippen LogP contribution in [0.5, 0.6) is 11.5 Å². The van der Waals surface area contributed by atoms with E-state index in [-0.39, 0.29) is 5.91 Å². The number of aryl methyl sites for hydroxylation is 1. The third-order valence-electron chi connectivity index (χ3n) is 4.67. The number of thioether (sulfide) groups is 1. The van der Waals surface area contributed by atoms with Crippen molar-refractivity contribution in [3.8, 4) is 11.5 Å². The summed E-state index contributed by atoms with van der Waals surface area (Å²) in [7, 11) is 3.14. The highest BCUT2D eigenvalue weighted by Gasteiger charge is 2.32. The Labute approximate surface area is 194 Å². The van der Waals surface area contributed by atoms with Crippen molar-refractivity contribution in [2.75, 3.05) is 19.1 Å². The number of hydrogen-bond donors (Lipinski definition) is 0. The first-order valence-electron chi connectivity index (χ1n) is 9.66. The van der Waals surface area contributed by atoms with Crippen molar-refractivity contribution in [1.82, 2.24) is 5.16 Å². The molecule has 1 amide bonds. The van der Waals surface area contributed by atoms with Crippen molar-refractivity contribution < 1.29 is 18.8 Å². The summed E-state index contributed by atoms with van der Waals surface area (Å²) in [6.07, 6.45) is 1.75. The molecule has 1 aromatic heterocycles. The minimum absolute atomic E-state index is 0.246. The third kappa shape index (κ3) is 4.66. The number of rotatable bonds is 6. The van der Waals surface area contributed by atoms with Crippen molar-refractivity contribution in [1.29, 1.82) is 0 Å². The number of amides is 1. The third-order valence-corrected chi connectivity index (χ3v) is 5.95. The molecule has 32 heavy (non-hydrogen) atoms. The van der Waals surface area contributed by atoms with Crippen molar-refractivity contribution in [3.05, 3.63) is 76.3 Å². The zero-order valence-electron chi connectivity index (χ0n) is 17.7. The Kier molecular flexibility index (Phi) is 6.53. The molecule has 0 fully saturated rings. The maximum Gasteiger partial charge on any atom is 0.283 e. The van der Waals surface area contributed by atoms with Gasteiger partial charge in [-0.3, -0.25) is 9.69 Å². The van der Waals surface area contributed by atoms with Gasteiger partial charge in [-0.1, -0.05) is 40.7 Å². The molecule has 0 radical (unpaired) electrons. The normalized spacial score (nSPS) is 14.8. The summed E-state index contributed by atoms with van der Waals surface area (Å²) in [6, 6.07) is 14.4. The van der Waals surface area contributed by atoms with Gasteiger partial charge in [-0.25, -0.2) is 4.99 Å². The Bertz CT molecular complexity index is 1200. The fourth-order valence-electron chi connectivity index (χ4n) is 3.09. The number of halogens is 1. The number of benzene rings is 2. The van der Waals surface area contributed by atoms with E-state index in [0.29, 0.717) is 33.1 Å². The number of hydrogen-bond acceptors (Lipinski definition) is 7.